The molecule has 1 rings (SSSR count). The van der Waals surface area contributed by atoms with Crippen LogP contribution in [0.3, 0.4) is 0 Å². The number of hydrogen-bond donors (Lipinski definition) is 2. The molecule has 0 spiro atoms. The van der Waals surface area contributed by atoms with Crippen molar-refractivity contribution in [1.29, 1.82) is 0 Å². The van der Waals surface area contributed by atoms with E-state index in [2.05, 4.69) is 21.2 Å². The van der Waals surface area contributed by atoms with E-state index < -0.39 is 11.9 Å². The summed E-state index contributed by atoms with van der Waals surface area (Å²) in [4.78, 5) is 23.9. The third-order valence-electron chi connectivity index (χ3n) is 3.00. The summed E-state index contributed by atoms with van der Waals surface area (Å²) >= 11 is 9.43. The Morgan fingerprint density at radius 1 is 1.48 bits per heavy atom. The first-order valence-corrected chi connectivity index (χ1v) is 7.64. The summed E-state index contributed by atoms with van der Waals surface area (Å²) < 4.78 is 0.905. The van der Waals surface area contributed by atoms with Gasteiger partial charge in [-0.15, -0.1) is 0 Å². The standard InChI is InChI=1S/C14H18BrClN2O3/c1-9(13(19)20)8-18(2)14(21)17-6-5-10-3-4-11(15)7-12(10)16/h3-4,7,9H,5-6,8H2,1-2H3,(H,17,21)(H,19,20). The van der Waals surface area contributed by atoms with Crippen molar-refractivity contribution >= 4 is 39.5 Å². The van der Waals surface area contributed by atoms with Crippen LogP contribution in [-0.4, -0.2) is 42.1 Å². The molecule has 0 aliphatic rings. The molecule has 2 N–H and O–H groups in total. The summed E-state index contributed by atoms with van der Waals surface area (Å²) in [5.74, 6) is -1.52. The third-order valence-corrected chi connectivity index (χ3v) is 3.85. The predicted octanol–water partition coefficient (Wildman–Crippen LogP) is 3.01. The maximum Gasteiger partial charge on any atom is 0.317 e. The second-order valence-corrected chi connectivity index (χ2v) is 6.16. The topological polar surface area (TPSA) is 69.6 Å². The van der Waals surface area contributed by atoms with E-state index in [0.29, 0.717) is 18.0 Å². The molecule has 1 aromatic carbocycles. The van der Waals surface area contributed by atoms with Crippen LogP contribution in [0.2, 0.25) is 5.02 Å². The van der Waals surface area contributed by atoms with E-state index in [9.17, 15) is 9.59 Å². The van der Waals surface area contributed by atoms with Gasteiger partial charge in [0.1, 0.15) is 0 Å². The normalized spacial score (nSPS) is 11.8. The van der Waals surface area contributed by atoms with Crippen molar-refractivity contribution in [1.82, 2.24) is 10.2 Å². The first-order chi connectivity index (χ1) is 9.81. The minimum absolute atomic E-state index is 0.167. The van der Waals surface area contributed by atoms with Crippen molar-refractivity contribution in [3.8, 4) is 0 Å². The number of carbonyl (C=O) groups is 2. The zero-order chi connectivity index (χ0) is 16.0. The van der Waals surface area contributed by atoms with E-state index in [1.54, 1.807) is 20.0 Å². The third kappa shape index (κ3) is 5.93. The molecule has 2 amide bonds. The lowest BCUT2D eigenvalue weighted by atomic mass is 10.1. The van der Waals surface area contributed by atoms with Crippen molar-refractivity contribution in [2.75, 3.05) is 20.1 Å². The number of aliphatic carboxylic acids is 1. The molecule has 0 saturated carbocycles. The van der Waals surface area contributed by atoms with Crippen LogP contribution in [-0.2, 0) is 11.2 Å². The number of nitrogens with one attached hydrogen (secondary N) is 1. The van der Waals surface area contributed by atoms with Crippen LogP contribution in [0.4, 0.5) is 4.79 Å². The molecule has 1 unspecified atom stereocenters. The summed E-state index contributed by atoms with van der Waals surface area (Å²) in [7, 11) is 1.57. The van der Waals surface area contributed by atoms with Crippen molar-refractivity contribution in [2.24, 2.45) is 5.92 Å². The fraction of sp³-hybridized carbons (Fsp3) is 0.429. The number of carbonyl (C=O) groups excluding carboxylic acids is 1. The highest BCUT2D eigenvalue weighted by atomic mass is 79.9. The highest BCUT2D eigenvalue weighted by Gasteiger charge is 2.16. The van der Waals surface area contributed by atoms with Crippen molar-refractivity contribution in [2.45, 2.75) is 13.3 Å². The number of hydrogen-bond acceptors (Lipinski definition) is 2. The van der Waals surface area contributed by atoms with Crippen LogP contribution in [0.5, 0.6) is 0 Å². The maximum atomic E-state index is 11.8. The predicted molar refractivity (Wildman–Crippen MR) is 85.7 cm³/mol. The molecule has 21 heavy (non-hydrogen) atoms. The van der Waals surface area contributed by atoms with E-state index in [1.165, 1.54) is 4.90 Å². The first kappa shape index (κ1) is 17.8. The lowest BCUT2D eigenvalue weighted by Gasteiger charge is -2.20. The fourth-order valence-electron chi connectivity index (χ4n) is 1.74. The van der Waals surface area contributed by atoms with Crippen LogP contribution in [0.25, 0.3) is 0 Å². The minimum Gasteiger partial charge on any atom is -0.481 e. The fourth-order valence-corrected chi connectivity index (χ4v) is 2.50. The summed E-state index contributed by atoms with van der Waals surface area (Å²) in [6.45, 7) is 2.17. The molecule has 0 radical (unpaired) electrons. The van der Waals surface area contributed by atoms with E-state index in [1.807, 2.05) is 12.1 Å². The van der Waals surface area contributed by atoms with E-state index in [0.717, 1.165) is 10.0 Å². The Hall–Kier alpha value is -1.27. The molecule has 0 saturated heterocycles. The molecule has 116 valence electrons. The SMILES string of the molecule is CC(CN(C)C(=O)NCCc1ccc(Br)cc1Cl)C(=O)O. The summed E-state index contributed by atoms with van der Waals surface area (Å²) in [5.41, 5.74) is 0.946. The average molecular weight is 378 g/mol. The Labute approximate surface area is 137 Å². The van der Waals surface area contributed by atoms with Crippen LogP contribution in [0, 0.1) is 5.92 Å². The summed E-state index contributed by atoms with van der Waals surface area (Å²) in [5, 5.41) is 12.2. The van der Waals surface area contributed by atoms with Crippen LogP contribution >= 0.6 is 27.5 Å². The lowest BCUT2D eigenvalue weighted by Crippen LogP contribution is -2.41. The zero-order valence-corrected chi connectivity index (χ0v) is 14.2. The van der Waals surface area contributed by atoms with Gasteiger partial charge >= 0.3 is 12.0 Å². The number of urea groups is 1. The van der Waals surface area contributed by atoms with E-state index in [4.69, 9.17) is 16.7 Å². The second kappa shape index (κ2) is 8.24. The number of carboxylic acid groups (broad SMARTS) is 1. The molecule has 0 aromatic heterocycles. The Morgan fingerprint density at radius 3 is 2.71 bits per heavy atom. The number of amides is 2. The second-order valence-electron chi connectivity index (χ2n) is 4.84. The molecule has 1 aromatic rings. The molecule has 5 nitrogen and oxygen atoms in total. The Kier molecular flexibility index (Phi) is 6.98. The number of benzene rings is 1. The van der Waals surface area contributed by atoms with Gasteiger partial charge < -0.3 is 15.3 Å². The number of halogens is 2. The largest absolute Gasteiger partial charge is 0.481 e. The van der Waals surface area contributed by atoms with Gasteiger partial charge in [-0.1, -0.05) is 40.5 Å². The van der Waals surface area contributed by atoms with Gasteiger partial charge in [0.25, 0.3) is 0 Å². The number of nitrogens with zero attached hydrogens (tertiary/aromatic N) is 1. The van der Waals surface area contributed by atoms with E-state index >= 15 is 0 Å². The molecule has 0 aliphatic heterocycles. The van der Waals surface area contributed by atoms with Crippen LogP contribution in [0.1, 0.15) is 12.5 Å². The van der Waals surface area contributed by atoms with Crippen molar-refractivity contribution in [3.05, 3.63) is 33.3 Å². The molecule has 0 heterocycles. The van der Waals surface area contributed by atoms with Crippen LogP contribution < -0.4 is 5.32 Å². The lowest BCUT2D eigenvalue weighted by molar-refractivity contribution is -0.141. The monoisotopic (exact) mass is 376 g/mol. The van der Waals surface area contributed by atoms with Gasteiger partial charge in [-0.25, -0.2) is 4.79 Å². The number of carboxylic acids is 1. The van der Waals surface area contributed by atoms with Gasteiger partial charge in [-0.2, -0.15) is 0 Å². The van der Waals surface area contributed by atoms with Gasteiger partial charge in [0, 0.05) is 29.6 Å². The maximum absolute atomic E-state index is 11.8. The van der Waals surface area contributed by atoms with Gasteiger partial charge in [-0.05, 0) is 24.1 Å². The molecule has 0 bridgehead atoms. The van der Waals surface area contributed by atoms with E-state index in [-0.39, 0.29) is 12.6 Å². The van der Waals surface area contributed by atoms with Gasteiger partial charge in [0.05, 0.1) is 5.92 Å². The molecule has 7 heteroatoms. The quantitative estimate of drug-likeness (QED) is 0.800. The summed E-state index contributed by atoms with van der Waals surface area (Å²) in [6, 6.07) is 5.30. The Bertz CT molecular complexity index is 525. The molecule has 0 aliphatic carbocycles. The minimum atomic E-state index is -0.920. The smallest absolute Gasteiger partial charge is 0.317 e. The summed E-state index contributed by atoms with van der Waals surface area (Å²) in [6.07, 6.45) is 0.611. The highest BCUT2D eigenvalue weighted by molar-refractivity contribution is 9.10. The molecular formula is C14H18BrClN2O3. The zero-order valence-electron chi connectivity index (χ0n) is 11.9. The average Bonchev–Trinajstić information content (AvgIpc) is 2.40. The Morgan fingerprint density at radius 2 is 2.14 bits per heavy atom. The van der Waals surface area contributed by atoms with Crippen LogP contribution in [0.15, 0.2) is 22.7 Å². The molecule has 1 atom stereocenters. The molecule has 0 fully saturated rings. The van der Waals surface area contributed by atoms with Crippen molar-refractivity contribution in [3.63, 3.8) is 0 Å². The molecular weight excluding hydrogens is 360 g/mol. The van der Waals surface area contributed by atoms with Gasteiger partial charge in [-0.3, -0.25) is 4.79 Å². The van der Waals surface area contributed by atoms with Gasteiger partial charge in [0.2, 0.25) is 0 Å². The van der Waals surface area contributed by atoms with Crippen molar-refractivity contribution < 1.29 is 14.7 Å². The Balaban J connectivity index is 2.41. The first-order valence-electron chi connectivity index (χ1n) is 6.47. The van der Waals surface area contributed by atoms with Gasteiger partial charge in [0.15, 0.2) is 0 Å². The number of rotatable bonds is 6. The highest BCUT2D eigenvalue weighted by Crippen LogP contribution is 2.21.